The second-order valence-corrected chi connectivity index (χ2v) is 7.21. The van der Waals surface area contributed by atoms with Crippen molar-refractivity contribution in [1.29, 1.82) is 0 Å². The highest BCUT2D eigenvalue weighted by molar-refractivity contribution is 5.94. The van der Waals surface area contributed by atoms with E-state index in [1.807, 2.05) is 75.4 Å². The van der Waals surface area contributed by atoms with Crippen LogP contribution in [0.2, 0.25) is 0 Å². The van der Waals surface area contributed by atoms with Crippen molar-refractivity contribution in [3.8, 4) is 23.7 Å². The molecular formula is C30H36N2O. The highest BCUT2D eigenvalue weighted by Gasteiger charge is 2.10. The van der Waals surface area contributed by atoms with Crippen molar-refractivity contribution < 1.29 is 7.65 Å². The van der Waals surface area contributed by atoms with Crippen LogP contribution >= 0.6 is 0 Å². The first-order valence-corrected chi connectivity index (χ1v) is 11.5. The Hall–Kier alpha value is -3.82. The summed E-state index contributed by atoms with van der Waals surface area (Å²) in [7, 11) is 0. The van der Waals surface area contributed by atoms with E-state index in [9.17, 15) is 4.79 Å². The Morgan fingerprint density at radius 2 is 1.91 bits per heavy atom. The molecule has 3 nitrogen and oxygen atoms in total. The first-order valence-electron chi connectivity index (χ1n) is 11.5. The van der Waals surface area contributed by atoms with Crippen LogP contribution in [0.4, 0.5) is 0 Å². The maximum Gasteiger partial charge on any atom is 0.251 e. The van der Waals surface area contributed by atoms with Gasteiger partial charge in [0.15, 0.2) is 0 Å². The van der Waals surface area contributed by atoms with Gasteiger partial charge in [-0.1, -0.05) is 74.1 Å². The van der Waals surface area contributed by atoms with E-state index in [0.717, 1.165) is 23.3 Å². The average molecular weight is 441 g/mol. The lowest BCUT2D eigenvalue weighted by Gasteiger charge is -2.09. The van der Waals surface area contributed by atoms with Gasteiger partial charge >= 0.3 is 0 Å². The Kier molecular flexibility index (Phi) is 11.0. The van der Waals surface area contributed by atoms with Crippen LogP contribution in [0.1, 0.15) is 52.0 Å². The fraction of sp³-hybridized carbons (Fsp3) is 0.267. The van der Waals surface area contributed by atoms with Gasteiger partial charge in [0.2, 0.25) is 0 Å². The Bertz CT molecular complexity index is 1140. The Balaban J connectivity index is 0.00000282. The minimum absolute atomic E-state index is 0. The molecule has 0 fully saturated rings. The summed E-state index contributed by atoms with van der Waals surface area (Å²) < 4.78 is 0. The van der Waals surface area contributed by atoms with Crippen LogP contribution in [-0.2, 0) is 12.8 Å². The number of allylic oxidation sites excluding steroid dienone is 4. The van der Waals surface area contributed by atoms with Crippen molar-refractivity contribution in [2.75, 3.05) is 6.54 Å². The van der Waals surface area contributed by atoms with Gasteiger partial charge in [-0.2, -0.15) is 0 Å². The third-order valence-corrected chi connectivity index (χ3v) is 4.87. The minimum atomic E-state index is -0.0659. The smallest absolute Gasteiger partial charge is 0.251 e. The number of nitrogens with one attached hydrogen (secondary N) is 1. The zero-order valence-electron chi connectivity index (χ0n) is 20.0. The number of carbonyl (C=O) groups is 1. The standard InChI is InChI=1S/C28H26N2O.C2H6.2H2/c1-3-29-27(26-17-8-7-11-22(26)2)18-10-15-24-14-9-16-25(21-24)28(31)30-20-19-23-12-5-4-6-13-23;1-2;;/h3-6,8-9,12-14,16-17,21-22H,15,19-20H2,1-2H3,(H,30,31);1-2H3;2*1H/b27-26-,29-3?;;;. The number of hydrogen-bond acceptors (Lipinski definition) is 2. The molecule has 0 aliphatic heterocycles. The average Bonchev–Trinajstić information content (AvgIpc) is 2.86. The van der Waals surface area contributed by atoms with E-state index in [0.29, 0.717) is 18.5 Å². The Labute approximate surface area is 201 Å². The number of hydrogen-bond donors (Lipinski definition) is 1. The summed E-state index contributed by atoms with van der Waals surface area (Å²) in [6, 6.07) is 17.7. The number of benzene rings is 2. The van der Waals surface area contributed by atoms with Gasteiger partial charge in [-0.15, -0.1) is 0 Å². The van der Waals surface area contributed by atoms with E-state index < -0.39 is 0 Å². The number of amides is 1. The van der Waals surface area contributed by atoms with Crippen LogP contribution < -0.4 is 5.32 Å². The Morgan fingerprint density at radius 3 is 2.64 bits per heavy atom. The summed E-state index contributed by atoms with van der Waals surface area (Å²) in [6.07, 6.45) is 6.93. The van der Waals surface area contributed by atoms with E-state index >= 15 is 0 Å². The van der Waals surface area contributed by atoms with Gasteiger partial charge in [-0.05, 0) is 61.6 Å². The van der Waals surface area contributed by atoms with Crippen molar-refractivity contribution in [2.24, 2.45) is 10.9 Å². The lowest BCUT2D eigenvalue weighted by Crippen LogP contribution is -2.25. The summed E-state index contributed by atoms with van der Waals surface area (Å²) >= 11 is 0. The number of rotatable bonds is 6. The zero-order chi connectivity index (χ0) is 23.9. The van der Waals surface area contributed by atoms with E-state index in [1.165, 1.54) is 5.56 Å². The molecule has 0 spiro atoms. The molecule has 0 aromatic heterocycles. The molecule has 0 bridgehead atoms. The summed E-state index contributed by atoms with van der Waals surface area (Å²) in [5.74, 6) is 12.6. The monoisotopic (exact) mass is 440 g/mol. The van der Waals surface area contributed by atoms with Crippen LogP contribution in [-0.4, -0.2) is 18.7 Å². The van der Waals surface area contributed by atoms with Crippen molar-refractivity contribution in [3.05, 3.63) is 94.7 Å². The largest absolute Gasteiger partial charge is 0.352 e. The maximum atomic E-state index is 12.5. The van der Waals surface area contributed by atoms with Gasteiger partial charge in [-0.25, -0.2) is 0 Å². The molecule has 172 valence electrons. The van der Waals surface area contributed by atoms with Gasteiger partial charge in [0, 0.05) is 39.1 Å². The molecule has 1 atom stereocenters. The molecule has 0 saturated heterocycles. The van der Waals surface area contributed by atoms with E-state index in [-0.39, 0.29) is 14.7 Å². The fourth-order valence-electron chi connectivity index (χ4n) is 3.24. The Morgan fingerprint density at radius 1 is 1.15 bits per heavy atom. The summed E-state index contributed by atoms with van der Waals surface area (Å²) in [6.45, 7) is 8.54. The lowest BCUT2D eigenvalue weighted by atomic mass is 9.96. The van der Waals surface area contributed by atoms with Crippen LogP contribution in [0.25, 0.3) is 0 Å². The third-order valence-electron chi connectivity index (χ3n) is 4.87. The van der Waals surface area contributed by atoms with Gasteiger partial charge < -0.3 is 5.32 Å². The highest BCUT2D eigenvalue weighted by atomic mass is 16.1. The zero-order valence-corrected chi connectivity index (χ0v) is 20.0. The van der Waals surface area contributed by atoms with Crippen LogP contribution in [0.3, 0.4) is 0 Å². The molecule has 0 radical (unpaired) electrons. The molecule has 3 heteroatoms. The number of nitrogens with zero attached hydrogens (tertiary/aromatic N) is 1. The predicted octanol–water partition coefficient (Wildman–Crippen LogP) is 6.28. The molecule has 1 N–H and O–H groups in total. The van der Waals surface area contributed by atoms with E-state index in [1.54, 1.807) is 6.21 Å². The molecule has 1 amide bonds. The quantitative estimate of drug-likeness (QED) is 0.417. The normalized spacial score (nSPS) is 15.3. The fourth-order valence-corrected chi connectivity index (χ4v) is 3.24. The summed E-state index contributed by atoms with van der Waals surface area (Å²) in [4.78, 5) is 16.9. The SMILES string of the molecule is CC.CC=N/C(C#CCc1cccc(C(=O)NCCc2ccccc2)c1)=C1/C=CC#CC1C.[HH].[HH]. The second-order valence-electron chi connectivity index (χ2n) is 7.21. The van der Waals surface area contributed by atoms with Crippen LogP contribution in [0.5, 0.6) is 0 Å². The lowest BCUT2D eigenvalue weighted by molar-refractivity contribution is 0.0954. The molecule has 33 heavy (non-hydrogen) atoms. The molecule has 1 aliphatic rings. The molecule has 0 saturated carbocycles. The van der Waals surface area contributed by atoms with Crippen LogP contribution in [0, 0.1) is 29.6 Å². The summed E-state index contributed by atoms with van der Waals surface area (Å²) in [5, 5.41) is 2.99. The van der Waals surface area contributed by atoms with Crippen molar-refractivity contribution in [2.45, 2.75) is 40.5 Å². The molecule has 3 rings (SSSR count). The van der Waals surface area contributed by atoms with Gasteiger partial charge in [0.05, 0.1) is 0 Å². The number of carbonyl (C=O) groups excluding carboxylic acids is 1. The first-order chi connectivity index (χ1) is 16.2. The molecule has 2 aromatic carbocycles. The maximum absolute atomic E-state index is 12.5. The summed E-state index contributed by atoms with van der Waals surface area (Å²) in [5.41, 5.74) is 4.64. The topological polar surface area (TPSA) is 41.5 Å². The van der Waals surface area contributed by atoms with E-state index in [2.05, 4.69) is 53.0 Å². The second kappa shape index (κ2) is 14.3. The van der Waals surface area contributed by atoms with Crippen molar-refractivity contribution in [1.82, 2.24) is 5.32 Å². The molecule has 0 heterocycles. The van der Waals surface area contributed by atoms with E-state index in [4.69, 9.17) is 0 Å². The molecule has 2 aromatic rings. The minimum Gasteiger partial charge on any atom is -0.352 e. The third kappa shape index (κ3) is 8.32. The number of aliphatic imine (C=N–C) groups is 1. The van der Waals surface area contributed by atoms with Gasteiger partial charge in [-0.3, -0.25) is 9.79 Å². The predicted molar refractivity (Wildman–Crippen MR) is 143 cm³/mol. The van der Waals surface area contributed by atoms with Crippen LogP contribution in [0.15, 0.2) is 83.0 Å². The first kappa shape index (κ1) is 25.4. The highest BCUT2D eigenvalue weighted by Crippen LogP contribution is 2.19. The molecular weight excluding hydrogens is 404 g/mol. The molecule has 1 unspecified atom stereocenters. The molecule has 1 aliphatic carbocycles. The van der Waals surface area contributed by atoms with Crippen molar-refractivity contribution >= 4 is 12.1 Å². The van der Waals surface area contributed by atoms with Gasteiger partial charge in [0.25, 0.3) is 5.91 Å². The van der Waals surface area contributed by atoms with Gasteiger partial charge in [0.1, 0.15) is 5.70 Å². The van der Waals surface area contributed by atoms with Crippen molar-refractivity contribution in [3.63, 3.8) is 0 Å².